The van der Waals surface area contributed by atoms with E-state index >= 15 is 0 Å². The molecule has 0 aliphatic carbocycles. The number of non-ortho nitro benzene ring substituents is 1. The molecule has 1 amide bonds. The maximum Gasteiger partial charge on any atom is 0.271 e. The van der Waals surface area contributed by atoms with Crippen LogP contribution in [-0.4, -0.2) is 29.7 Å². The molecule has 0 fully saturated rings. The molecule has 0 aromatic heterocycles. The van der Waals surface area contributed by atoms with Crippen molar-refractivity contribution < 1.29 is 19.2 Å². The number of carbonyl (C=O) groups is 1. The Bertz CT molecular complexity index is 891. The first kappa shape index (κ1) is 20.6. The molecule has 0 unspecified atom stereocenters. The predicted octanol–water partition coefficient (Wildman–Crippen LogP) is 3.57. The van der Waals surface area contributed by atoms with Crippen molar-refractivity contribution in [3.8, 4) is 11.5 Å². The quantitative estimate of drug-likeness (QED) is 0.391. The van der Waals surface area contributed by atoms with Gasteiger partial charge in [-0.1, -0.05) is 6.07 Å². The fourth-order valence-corrected chi connectivity index (χ4v) is 2.92. The zero-order valence-electron chi connectivity index (χ0n) is 14.4. The lowest BCUT2D eigenvalue weighted by atomic mass is 10.2. The van der Waals surface area contributed by atoms with Gasteiger partial charge in [0.05, 0.1) is 22.2 Å². The molecule has 0 aliphatic heterocycles. The second-order valence-corrected chi connectivity index (χ2v) is 6.63. The van der Waals surface area contributed by atoms with E-state index in [1.165, 1.54) is 25.3 Å². The number of aryl methyl sites for hydroxylation is 1. The van der Waals surface area contributed by atoms with E-state index < -0.39 is 10.8 Å². The Balaban J connectivity index is 1.96. The molecule has 2 aromatic carbocycles. The molecule has 2 rings (SSSR count). The largest absolute Gasteiger partial charge is 0.495 e. The third kappa shape index (κ3) is 5.90. The van der Waals surface area contributed by atoms with Crippen LogP contribution in [0.4, 0.5) is 11.4 Å². The number of halogens is 1. The number of rotatable bonds is 6. The Kier molecular flexibility index (Phi) is 7.08. The molecule has 10 heteroatoms. The molecular formula is C17H16BrN3O5S. The Hall–Kier alpha value is -2.72. The summed E-state index contributed by atoms with van der Waals surface area (Å²) in [5.74, 6) is 0.386. The van der Waals surface area contributed by atoms with Crippen molar-refractivity contribution in [1.29, 1.82) is 0 Å². The van der Waals surface area contributed by atoms with Gasteiger partial charge >= 0.3 is 0 Å². The number of methoxy groups -OCH3 is 1. The number of hydrogen-bond acceptors (Lipinski definition) is 6. The summed E-state index contributed by atoms with van der Waals surface area (Å²) in [4.78, 5) is 22.4. The average molecular weight is 454 g/mol. The second-order valence-electron chi connectivity index (χ2n) is 5.37. The second kappa shape index (κ2) is 9.28. The predicted molar refractivity (Wildman–Crippen MR) is 108 cm³/mol. The van der Waals surface area contributed by atoms with Crippen LogP contribution in [0.15, 0.2) is 40.9 Å². The molecule has 0 saturated heterocycles. The van der Waals surface area contributed by atoms with Gasteiger partial charge in [0.15, 0.2) is 11.7 Å². The number of benzene rings is 2. The van der Waals surface area contributed by atoms with Crippen LogP contribution in [0.2, 0.25) is 0 Å². The van der Waals surface area contributed by atoms with Crippen LogP contribution in [-0.2, 0) is 4.79 Å². The molecule has 0 saturated carbocycles. The molecule has 2 N–H and O–H groups in total. The first-order chi connectivity index (χ1) is 12.8. The van der Waals surface area contributed by atoms with Gasteiger partial charge in [-0.3, -0.25) is 20.2 Å². The third-order valence-corrected chi connectivity index (χ3v) is 4.17. The van der Waals surface area contributed by atoms with E-state index in [4.69, 9.17) is 21.7 Å². The monoisotopic (exact) mass is 453 g/mol. The van der Waals surface area contributed by atoms with E-state index in [1.807, 2.05) is 19.1 Å². The van der Waals surface area contributed by atoms with Crippen LogP contribution < -0.4 is 20.1 Å². The molecule has 0 spiro atoms. The lowest BCUT2D eigenvalue weighted by molar-refractivity contribution is -0.384. The Morgan fingerprint density at radius 3 is 2.59 bits per heavy atom. The minimum Gasteiger partial charge on any atom is -0.495 e. The zero-order valence-corrected chi connectivity index (χ0v) is 16.8. The van der Waals surface area contributed by atoms with Crippen molar-refractivity contribution >= 4 is 50.5 Å². The van der Waals surface area contributed by atoms with Crippen molar-refractivity contribution in [2.75, 3.05) is 19.0 Å². The molecule has 0 aliphatic rings. The summed E-state index contributed by atoms with van der Waals surface area (Å²) in [7, 11) is 1.42. The first-order valence-electron chi connectivity index (χ1n) is 7.62. The summed E-state index contributed by atoms with van der Waals surface area (Å²) >= 11 is 8.43. The number of ether oxygens (including phenoxy) is 2. The van der Waals surface area contributed by atoms with Gasteiger partial charge in [0.1, 0.15) is 11.5 Å². The van der Waals surface area contributed by atoms with Gasteiger partial charge in [0, 0.05) is 12.1 Å². The van der Waals surface area contributed by atoms with Crippen LogP contribution in [0, 0.1) is 17.0 Å². The third-order valence-electron chi connectivity index (χ3n) is 3.34. The maximum absolute atomic E-state index is 12.0. The van der Waals surface area contributed by atoms with E-state index in [0.29, 0.717) is 11.5 Å². The number of anilines is 1. The summed E-state index contributed by atoms with van der Waals surface area (Å²) in [6.07, 6.45) is 0. The standard InChI is InChI=1S/C17H16BrN3O5S/c1-10-3-5-14(12(18)7-10)26-9-16(22)20-17(27)19-13-8-11(21(23)24)4-6-15(13)25-2/h3-8H,9H2,1-2H3,(H2,19,20,22,27). The SMILES string of the molecule is COc1ccc([N+](=O)[O-])cc1NC(=S)NC(=O)COc1ccc(C)cc1Br. The molecule has 0 heterocycles. The Morgan fingerprint density at radius 2 is 1.96 bits per heavy atom. The van der Waals surface area contributed by atoms with Crippen LogP contribution in [0.25, 0.3) is 0 Å². The van der Waals surface area contributed by atoms with Crippen molar-refractivity contribution in [1.82, 2.24) is 5.32 Å². The van der Waals surface area contributed by atoms with Gasteiger partial charge in [-0.2, -0.15) is 0 Å². The molecule has 8 nitrogen and oxygen atoms in total. The van der Waals surface area contributed by atoms with Crippen molar-refractivity contribution in [3.63, 3.8) is 0 Å². The van der Waals surface area contributed by atoms with Crippen molar-refractivity contribution in [3.05, 3.63) is 56.5 Å². The molecule has 2 aromatic rings. The van der Waals surface area contributed by atoms with E-state index in [9.17, 15) is 14.9 Å². The summed E-state index contributed by atoms with van der Waals surface area (Å²) < 4.78 is 11.3. The topological polar surface area (TPSA) is 103 Å². The van der Waals surface area contributed by atoms with E-state index in [1.54, 1.807) is 6.07 Å². The van der Waals surface area contributed by atoms with Gasteiger partial charge in [0.25, 0.3) is 11.6 Å². The number of nitro groups is 1. The zero-order chi connectivity index (χ0) is 20.0. The highest BCUT2D eigenvalue weighted by Gasteiger charge is 2.14. The first-order valence-corrected chi connectivity index (χ1v) is 8.82. The van der Waals surface area contributed by atoms with Gasteiger partial charge in [-0.05, 0) is 58.8 Å². The normalized spacial score (nSPS) is 10.0. The number of thiocarbonyl (C=S) groups is 1. The van der Waals surface area contributed by atoms with Crippen LogP contribution >= 0.6 is 28.1 Å². The summed E-state index contributed by atoms with van der Waals surface area (Å²) in [6.45, 7) is 1.68. The number of nitrogens with one attached hydrogen (secondary N) is 2. The van der Waals surface area contributed by atoms with Crippen LogP contribution in [0.5, 0.6) is 11.5 Å². The molecule has 27 heavy (non-hydrogen) atoms. The number of hydrogen-bond donors (Lipinski definition) is 2. The minimum atomic E-state index is -0.542. The van der Waals surface area contributed by atoms with Crippen LogP contribution in [0.1, 0.15) is 5.56 Å². The highest BCUT2D eigenvalue weighted by Crippen LogP contribution is 2.29. The number of carbonyl (C=O) groups excluding carboxylic acids is 1. The van der Waals surface area contributed by atoms with E-state index in [0.717, 1.165) is 10.0 Å². The van der Waals surface area contributed by atoms with Gasteiger partial charge in [0.2, 0.25) is 0 Å². The van der Waals surface area contributed by atoms with Gasteiger partial charge in [-0.15, -0.1) is 0 Å². The highest BCUT2D eigenvalue weighted by atomic mass is 79.9. The van der Waals surface area contributed by atoms with Crippen molar-refractivity contribution in [2.45, 2.75) is 6.92 Å². The number of nitro benzene ring substituents is 1. The Labute approximate surface area is 169 Å². The lowest BCUT2D eigenvalue weighted by Crippen LogP contribution is -2.37. The molecular weight excluding hydrogens is 438 g/mol. The number of nitrogens with zero attached hydrogens (tertiary/aromatic N) is 1. The highest BCUT2D eigenvalue weighted by molar-refractivity contribution is 9.10. The smallest absolute Gasteiger partial charge is 0.271 e. The van der Waals surface area contributed by atoms with Crippen LogP contribution in [0.3, 0.4) is 0 Å². The lowest BCUT2D eigenvalue weighted by Gasteiger charge is -2.13. The van der Waals surface area contributed by atoms with E-state index in [2.05, 4.69) is 26.6 Å². The van der Waals surface area contributed by atoms with E-state index in [-0.39, 0.29) is 23.1 Å². The molecule has 0 bridgehead atoms. The average Bonchev–Trinajstić information content (AvgIpc) is 2.60. The Morgan fingerprint density at radius 1 is 1.26 bits per heavy atom. The maximum atomic E-state index is 12.0. The summed E-state index contributed by atoms with van der Waals surface area (Å²) in [5, 5.41) is 16.0. The number of amides is 1. The van der Waals surface area contributed by atoms with Gasteiger partial charge in [-0.25, -0.2) is 0 Å². The van der Waals surface area contributed by atoms with Crippen molar-refractivity contribution in [2.24, 2.45) is 0 Å². The fraction of sp³-hybridized carbons (Fsp3) is 0.176. The summed E-state index contributed by atoms with van der Waals surface area (Å²) in [6, 6.07) is 9.48. The molecule has 142 valence electrons. The molecule has 0 atom stereocenters. The van der Waals surface area contributed by atoms with Gasteiger partial charge < -0.3 is 14.8 Å². The minimum absolute atomic E-state index is 0.0367. The summed E-state index contributed by atoms with van der Waals surface area (Å²) in [5.41, 5.74) is 1.18. The molecule has 0 radical (unpaired) electrons. The fourth-order valence-electron chi connectivity index (χ4n) is 2.09.